The molecule has 1 heterocycles. The van der Waals surface area contributed by atoms with Gasteiger partial charge in [-0.25, -0.2) is 0 Å². The normalized spacial score (nSPS) is 11.7. The topological polar surface area (TPSA) is 85.1 Å². The largest absolute Gasteiger partial charge is 0.345 e. The van der Waals surface area contributed by atoms with Gasteiger partial charge in [-0.05, 0) is 30.7 Å². The smallest absolute Gasteiger partial charge is 0.288 e. The quantitative estimate of drug-likeness (QED) is 0.694. The Balaban J connectivity index is 2.17. The number of amides is 1. The molecule has 0 fully saturated rings. The van der Waals surface area contributed by atoms with Gasteiger partial charge in [0.25, 0.3) is 11.6 Å². The zero-order valence-electron chi connectivity index (χ0n) is 11.1. The van der Waals surface area contributed by atoms with Crippen LogP contribution < -0.4 is 5.32 Å². The van der Waals surface area contributed by atoms with E-state index in [-0.39, 0.29) is 22.3 Å². The average Bonchev–Trinajstić information content (AvgIpc) is 2.48. The highest BCUT2D eigenvalue weighted by molar-refractivity contribution is 6.32. The zero-order valence-corrected chi connectivity index (χ0v) is 11.9. The number of nitro benzene ring substituents is 1. The van der Waals surface area contributed by atoms with Gasteiger partial charge in [-0.15, -0.1) is 0 Å². The minimum atomic E-state index is -0.621. The Bertz CT molecular complexity index is 676. The van der Waals surface area contributed by atoms with Crippen LogP contribution in [0.15, 0.2) is 42.7 Å². The van der Waals surface area contributed by atoms with E-state index in [2.05, 4.69) is 10.3 Å². The van der Waals surface area contributed by atoms with Crippen LogP contribution in [0.25, 0.3) is 0 Å². The van der Waals surface area contributed by atoms with E-state index in [0.717, 1.165) is 11.6 Å². The monoisotopic (exact) mass is 305 g/mol. The van der Waals surface area contributed by atoms with Gasteiger partial charge in [0.15, 0.2) is 0 Å². The molecule has 6 nitrogen and oxygen atoms in total. The Morgan fingerprint density at radius 1 is 1.43 bits per heavy atom. The summed E-state index contributed by atoms with van der Waals surface area (Å²) in [4.78, 5) is 26.3. The molecule has 0 aliphatic heterocycles. The number of rotatable bonds is 4. The standard InChI is InChI=1S/C14H12ClN3O3/c1-9(11-3-2-6-16-8-11)17-14(19)10-4-5-12(15)13(7-10)18(20)21/h2-9H,1H3,(H,17,19). The molecule has 0 aliphatic rings. The van der Waals surface area contributed by atoms with Crippen LogP contribution >= 0.6 is 11.6 Å². The molecular formula is C14H12ClN3O3. The number of pyridine rings is 1. The number of aromatic nitrogens is 1. The first-order valence-electron chi connectivity index (χ1n) is 6.14. The van der Waals surface area contributed by atoms with E-state index in [1.807, 2.05) is 6.07 Å². The number of halogens is 1. The summed E-state index contributed by atoms with van der Waals surface area (Å²) in [6, 6.07) is 7.28. The van der Waals surface area contributed by atoms with E-state index in [9.17, 15) is 14.9 Å². The Hall–Kier alpha value is -2.47. The van der Waals surface area contributed by atoms with Crippen molar-refractivity contribution in [2.24, 2.45) is 0 Å². The molecule has 21 heavy (non-hydrogen) atoms. The van der Waals surface area contributed by atoms with E-state index < -0.39 is 10.8 Å². The maximum atomic E-state index is 12.1. The van der Waals surface area contributed by atoms with Crippen molar-refractivity contribution >= 4 is 23.2 Å². The van der Waals surface area contributed by atoms with Crippen molar-refractivity contribution in [2.45, 2.75) is 13.0 Å². The van der Waals surface area contributed by atoms with Crippen molar-refractivity contribution in [1.29, 1.82) is 0 Å². The first kappa shape index (κ1) is 14.9. The van der Waals surface area contributed by atoms with Crippen LogP contribution in [0.3, 0.4) is 0 Å². The number of nitrogens with zero attached hydrogens (tertiary/aromatic N) is 2. The van der Waals surface area contributed by atoms with Gasteiger partial charge in [-0.3, -0.25) is 19.9 Å². The fourth-order valence-corrected chi connectivity index (χ4v) is 1.98. The van der Waals surface area contributed by atoms with Gasteiger partial charge in [-0.1, -0.05) is 17.7 Å². The summed E-state index contributed by atoms with van der Waals surface area (Å²) in [5.41, 5.74) is 0.731. The van der Waals surface area contributed by atoms with E-state index in [1.54, 1.807) is 25.4 Å². The summed E-state index contributed by atoms with van der Waals surface area (Å²) in [6.07, 6.45) is 3.29. The lowest BCUT2D eigenvalue weighted by atomic mass is 10.1. The highest BCUT2D eigenvalue weighted by Crippen LogP contribution is 2.25. The molecule has 0 aliphatic carbocycles. The van der Waals surface area contributed by atoms with Crippen LogP contribution in [0.4, 0.5) is 5.69 Å². The molecule has 1 aromatic heterocycles. The van der Waals surface area contributed by atoms with Crippen molar-refractivity contribution in [3.8, 4) is 0 Å². The van der Waals surface area contributed by atoms with Gasteiger partial charge < -0.3 is 5.32 Å². The van der Waals surface area contributed by atoms with Gasteiger partial charge >= 0.3 is 0 Å². The van der Waals surface area contributed by atoms with Crippen LogP contribution in [-0.2, 0) is 0 Å². The zero-order chi connectivity index (χ0) is 15.4. The molecule has 1 amide bonds. The van der Waals surface area contributed by atoms with Crippen LogP contribution in [0, 0.1) is 10.1 Å². The molecule has 2 aromatic rings. The number of benzene rings is 1. The number of carbonyl (C=O) groups is 1. The third-order valence-corrected chi connectivity index (χ3v) is 3.26. The van der Waals surface area contributed by atoms with Gasteiger partial charge in [0.1, 0.15) is 5.02 Å². The number of nitro groups is 1. The van der Waals surface area contributed by atoms with Gasteiger partial charge in [0.05, 0.1) is 11.0 Å². The number of hydrogen-bond acceptors (Lipinski definition) is 4. The fourth-order valence-electron chi connectivity index (χ4n) is 1.79. The first-order valence-corrected chi connectivity index (χ1v) is 6.51. The minimum absolute atomic E-state index is 0.00291. The van der Waals surface area contributed by atoms with Crippen molar-refractivity contribution in [3.05, 3.63) is 69.0 Å². The summed E-state index contributed by atoms with van der Waals surface area (Å²) < 4.78 is 0. The molecule has 1 atom stereocenters. The van der Waals surface area contributed by atoms with Crippen molar-refractivity contribution in [1.82, 2.24) is 10.3 Å². The van der Waals surface area contributed by atoms with Crippen molar-refractivity contribution in [3.63, 3.8) is 0 Å². The van der Waals surface area contributed by atoms with E-state index in [4.69, 9.17) is 11.6 Å². The minimum Gasteiger partial charge on any atom is -0.345 e. The molecule has 0 bridgehead atoms. The Morgan fingerprint density at radius 2 is 2.19 bits per heavy atom. The molecule has 0 radical (unpaired) electrons. The summed E-state index contributed by atoms with van der Waals surface area (Å²) in [5.74, 6) is -0.411. The third-order valence-electron chi connectivity index (χ3n) is 2.94. The Labute approximate surface area is 125 Å². The van der Waals surface area contributed by atoms with Gasteiger partial charge in [0.2, 0.25) is 0 Å². The molecule has 2 rings (SSSR count). The Morgan fingerprint density at radius 3 is 2.81 bits per heavy atom. The average molecular weight is 306 g/mol. The molecule has 108 valence electrons. The van der Waals surface area contributed by atoms with E-state index >= 15 is 0 Å². The third kappa shape index (κ3) is 3.55. The summed E-state index contributed by atoms with van der Waals surface area (Å²) in [5, 5.41) is 13.6. The molecule has 0 spiro atoms. The highest BCUT2D eigenvalue weighted by Gasteiger charge is 2.17. The second-order valence-electron chi connectivity index (χ2n) is 4.40. The highest BCUT2D eigenvalue weighted by atomic mass is 35.5. The molecule has 0 saturated heterocycles. The number of hydrogen-bond donors (Lipinski definition) is 1. The van der Waals surface area contributed by atoms with Crippen molar-refractivity contribution < 1.29 is 9.72 Å². The second kappa shape index (κ2) is 6.32. The lowest BCUT2D eigenvalue weighted by molar-refractivity contribution is -0.384. The van der Waals surface area contributed by atoms with Gasteiger partial charge in [-0.2, -0.15) is 0 Å². The van der Waals surface area contributed by atoms with Crippen molar-refractivity contribution in [2.75, 3.05) is 0 Å². The molecule has 1 aromatic carbocycles. The summed E-state index contributed by atoms with van der Waals surface area (Å²) in [7, 11) is 0. The lowest BCUT2D eigenvalue weighted by Crippen LogP contribution is -2.26. The predicted octanol–water partition coefficient (Wildman–Crippen LogP) is 3.13. The summed E-state index contributed by atoms with van der Waals surface area (Å²) >= 11 is 5.72. The van der Waals surface area contributed by atoms with E-state index in [0.29, 0.717) is 0 Å². The SMILES string of the molecule is CC(NC(=O)c1ccc(Cl)c([N+](=O)[O-])c1)c1cccnc1. The second-order valence-corrected chi connectivity index (χ2v) is 4.81. The number of nitrogens with one attached hydrogen (secondary N) is 1. The fraction of sp³-hybridized carbons (Fsp3) is 0.143. The predicted molar refractivity (Wildman–Crippen MR) is 78.2 cm³/mol. The Kier molecular flexibility index (Phi) is 4.49. The molecule has 7 heteroatoms. The molecule has 1 N–H and O–H groups in total. The summed E-state index contributed by atoms with van der Waals surface area (Å²) in [6.45, 7) is 1.80. The first-order chi connectivity index (χ1) is 9.99. The van der Waals surface area contributed by atoms with Crippen LogP contribution in [-0.4, -0.2) is 15.8 Å². The van der Waals surface area contributed by atoms with E-state index in [1.165, 1.54) is 12.1 Å². The maximum absolute atomic E-state index is 12.1. The molecular weight excluding hydrogens is 294 g/mol. The number of carbonyl (C=O) groups excluding carboxylic acids is 1. The molecule has 0 saturated carbocycles. The van der Waals surface area contributed by atoms with Crippen LogP contribution in [0.5, 0.6) is 0 Å². The lowest BCUT2D eigenvalue weighted by Gasteiger charge is -2.13. The molecule has 1 unspecified atom stereocenters. The van der Waals surface area contributed by atoms with Crippen LogP contribution in [0.1, 0.15) is 28.9 Å². The maximum Gasteiger partial charge on any atom is 0.288 e. The van der Waals surface area contributed by atoms with Crippen LogP contribution in [0.2, 0.25) is 5.02 Å². The van der Waals surface area contributed by atoms with Gasteiger partial charge in [0, 0.05) is 24.0 Å².